The monoisotopic (exact) mass is 184 g/mol. The number of nitrogens with one attached hydrogen (secondary N) is 1. The van der Waals surface area contributed by atoms with E-state index >= 15 is 0 Å². The fraction of sp³-hybridized carbons (Fsp3) is 0.444. The van der Waals surface area contributed by atoms with Crippen molar-refractivity contribution < 1.29 is 0 Å². The van der Waals surface area contributed by atoms with E-state index in [0.29, 0.717) is 6.04 Å². The lowest BCUT2D eigenvalue weighted by Crippen LogP contribution is -2.12. The third-order valence-electron chi connectivity index (χ3n) is 2.17. The summed E-state index contributed by atoms with van der Waals surface area (Å²) in [5.41, 5.74) is 1.37. The van der Waals surface area contributed by atoms with E-state index in [1.807, 2.05) is 12.4 Å². The summed E-state index contributed by atoms with van der Waals surface area (Å²) in [5, 5.41) is 3.45. The van der Waals surface area contributed by atoms with Crippen LogP contribution in [-0.4, -0.2) is 11.5 Å². The summed E-state index contributed by atoms with van der Waals surface area (Å²) in [5.74, 6) is 0. The number of aromatic nitrogens is 1. The van der Waals surface area contributed by atoms with Crippen molar-refractivity contribution >= 4 is 12.4 Å². The molecule has 1 atom stereocenters. The lowest BCUT2D eigenvalue weighted by Gasteiger charge is -2.08. The van der Waals surface area contributed by atoms with E-state index < -0.39 is 0 Å². The molecular weight excluding hydrogens is 172 g/mol. The van der Waals surface area contributed by atoms with Gasteiger partial charge in [-0.2, -0.15) is 0 Å². The van der Waals surface area contributed by atoms with E-state index in [-0.39, 0.29) is 12.4 Å². The fourth-order valence-corrected chi connectivity index (χ4v) is 1.56. The van der Waals surface area contributed by atoms with E-state index in [1.165, 1.54) is 18.4 Å². The normalized spacial score (nSPS) is 21.8. The topological polar surface area (TPSA) is 24.9 Å². The number of rotatable bonds is 1. The predicted molar refractivity (Wildman–Crippen MR) is 51.5 cm³/mol. The number of nitrogens with zero attached hydrogens (tertiary/aromatic N) is 1. The molecule has 0 unspecified atom stereocenters. The van der Waals surface area contributed by atoms with Crippen LogP contribution < -0.4 is 5.32 Å². The Hall–Kier alpha value is -0.600. The minimum Gasteiger partial charge on any atom is -0.310 e. The van der Waals surface area contributed by atoms with Gasteiger partial charge >= 0.3 is 0 Å². The van der Waals surface area contributed by atoms with Crippen LogP contribution in [0.4, 0.5) is 0 Å². The molecule has 0 aromatic carbocycles. The number of pyridine rings is 1. The molecular formula is C9H13ClN2. The molecule has 0 radical (unpaired) electrons. The van der Waals surface area contributed by atoms with Crippen LogP contribution in [0.1, 0.15) is 24.4 Å². The van der Waals surface area contributed by atoms with Crippen LogP contribution in [0.5, 0.6) is 0 Å². The van der Waals surface area contributed by atoms with Gasteiger partial charge in [-0.3, -0.25) is 4.98 Å². The molecule has 2 heterocycles. The average Bonchev–Trinajstić information content (AvgIpc) is 2.58. The van der Waals surface area contributed by atoms with Crippen LogP contribution in [-0.2, 0) is 0 Å². The van der Waals surface area contributed by atoms with Gasteiger partial charge in [-0.05, 0) is 37.1 Å². The molecule has 1 aliphatic heterocycles. The molecule has 0 bridgehead atoms. The smallest absolute Gasteiger partial charge is 0.0321 e. The highest BCUT2D eigenvalue weighted by atomic mass is 35.5. The minimum atomic E-state index is 0. The van der Waals surface area contributed by atoms with Crippen LogP contribution >= 0.6 is 12.4 Å². The van der Waals surface area contributed by atoms with Crippen molar-refractivity contribution in [3.8, 4) is 0 Å². The van der Waals surface area contributed by atoms with Gasteiger partial charge in [0.2, 0.25) is 0 Å². The number of hydrogen-bond acceptors (Lipinski definition) is 2. The van der Waals surface area contributed by atoms with Gasteiger partial charge < -0.3 is 5.32 Å². The highest BCUT2D eigenvalue weighted by Gasteiger charge is 2.14. The van der Waals surface area contributed by atoms with Crippen LogP contribution in [0.15, 0.2) is 24.5 Å². The first-order valence-corrected chi connectivity index (χ1v) is 4.10. The molecule has 1 saturated heterocycles. The SMILES string of the molecule is Cl.c1cc([C@@H]2CCCN2)ccn1. The molecule has 0 saturated carbocycles. The van der Waals surface area contributed by atoms with Crippen molar-refractivity contribution in [1.29, 1.82) is 0 Å². The van der Waals surface area contributed by atoms with Crippen molar-refractivity contribution in [3.05, 3.63) is 30.1 Å². The van der Waals surface area contributed by atoms with Crippen LogP contribution in [0.3, 0.4) is 0 Å². The lowest BCUT2D eigenvalue weighted by molar-refractivity contribution is 0.647. The molecule has 12 heavy (non-hydrogen) atoms. The second-order valence-electron chi connectivity index (χ2n) is 2.93. The van der Waals surface area contributed by atoms with Gasteiger partial charge in [0.15, 0.2) is 0 Å². The second kappa shape index (κ2) is 4.43. The fourth-order valence-electron chi connectivity index (χ4n) is 1.56. The van der Waals surface area contributed by atoms with E-state index in [1.54, 1.807) is 0 Å². The van der Waals surface area contributed by atoms with Gasteiger partial charge in [0.25, 0.3) is 0 Å². The van der Waals surface area contributed by atoms with Crippen molar-refractivity contribution in [2.24, 2.45) is 0 Å². The lowest BCUT2D eigenvalue weighted by atomic mass is 10.1. The van der Waals surface area contributed by atoms with E-state index in [0.717, 1.165) is 6.54 Å². The van der Waals surface area contributed by atoms with Gasteiger partial charge in [0.05, 0.1) is 0 Å². The Morgan fingerprint density at radius 2 is 2.08 bits per heavy atom. The molecule has 1 aliphatic rings. The first-order chi connectivity index (χ1) is 5.47. The summed E-state index contributed by atoms with van der Waals surface area (Å²) in [7, 11) is 0. The summed E-state index contributed by atoms with van der Waals surface area (Å²) in [6, 6.07) is 4.75. The third-order valence-corrected chi connectivity index (χ3v) is 2.17. The molecule has 1 N–H and O–H groups in total. The molecule has 1 aromatic rings. The van der Waals surface area contributed by atoms with Crippen molar-refractivity contribution in [1.82, 2.24) is 10.3 Å². The predicted octanol–water partition coefficient (Wildman–Crippen LogP) is 1.93. The molecule has 1 aromatic heterocycles. The van der Waals surface area contributed by atoms with E-state index in [9.17, 15) is 0 Å². The van der Waals surface area contributed by atoms with Crippen LogP contribution in [0.2, 0.25) is 0 Å². The first kappa shape index (κ1) is 9.49. The Kier molecular flexibility index (Phi) is 3.50. The third kappa shape index (κ3) is 1.96. The molecule has 2 nitrogen and oxygen atoms in total. The molecule has 0 aliphatic carbocycles. The summed E-state index contributed by atoms with van der Waals surface area (Å²) >= 11 is 0. The molecule has 0 spiro atoms. The molecule has 3 heteroatoms. The zero-order valence-corrected chi connectivity index (χ0v) is 7.68. The van der Waals surface area contributed by atoms with Crippen LogP contribution in [0, 0.1) is 0 Å². The van der Waals surface area contributed by atoms with Crippen LogP contribution in [0.25, 0.3) is 0 Å². The Bertz CT molecular complexity index is 219. The maximum Gasteiger partial charge on any atom is 0.0321 e. The summed E-state index contributed by atoms with van der Waals surface area (Å²) in [4.78, 5) is 3.99. The minimum absolute atomic E-state index is 0. The number of hydrogen-bond donors (Lipinski definition) is 1. The molecule has 0 amide bonds. The molecule has 66 valence electrons. The van der Waals surface area contributed by atoms with Gasteiger partial charge in [-0.15, -0.1) is 12.4 Å². The van der Waals surface area contributed by atoms with Crippen molar-refractivity contribution in [2.75, 3.05) is 6.54 Å². The van der Waals surface area contributed by atoms with Gasteiger partial charge in [0, 0.05) is 18.4 Å². The van der Waals surface area contributed by atoms with Gasteiger partial charge in [-0.1, -0.05) is 0 Å². The van der Waals surface area contributed by atoms with Gasteiger partial charge in [-0.25, -0.2) is 0 Å². The summed E-state index contributed by atoms with van der Waals surface area (Å²) in [6.45, 7) is 1.16. The Labute approximate surface area is 78.8 Å². The second-order valence-corrected chi connectivity index (χ2v) is 2.93. The largest absolute Gasteiger partial charge is 0.310 e. The standard InChI is InChI=1S/C9H12N2.ClH/c1-2-9(11-5-1)8-3-6-10-7-4-8;/h3-4,6-7,9,11H,1-2,5H2;1H/t9-;/m0./s1. The number of halogens is 1. The maximum atomic E-state index is 3.99. The van der Waals surface area contributed by atoms with Crippen molar-refractivity contribution in [3.63, 3.8) is 0 Å². The average molecular weight is 185 g/mol. The zero-order chi connectivity index (χ0) is 7.52. The summed E-state index contributed by atoms with van der Waals surface area (Å²) in [6.07, 6.45) is 6.28. The molecule has 2 rings (SSSR count). The maximum absolute atomic E-state index is 3.99. The zero-order valence-electron chi connectivity index (χ0n) is 6.86. The molecule has 1 fully saturated rings. The van der Waals surface area contributed by atoms with E-state index in [2.05, 4.69) is 22.4 Å². The summed E-state index contributed by atoms with van der Waals surface area (Å²) < 4.78 is 0. The Morgan fingerprint density at radius 3 is 2.67 bits per heavy atom. The Balaban J connectivity index is 0.000000720. The quantitative estimate of drug-likeness (QED) is 0.722. The highest BCUT2D eigenvalue weighted by molar-refractivity contribution is 5.85. The first-order valence-electron chi connectivity index (χ1n) is 4.10. The Morgan fingerprint density at radius 1 is 1.33 bits per heavy atom. The highest BCUT2D eigenvalue weighted by Crippen LogP contribution is 2.21. The van der Waals surface area contributed by atoms with E-state index in [4.69, 9.17) is 0 Å². The van der Waals surface area contributed by atoms with Gasteiger partial charge in [0.1, 0.15) is 0 Å². The van der Waals surface area contributed by atoms with Crippen molar-refractivity contribution in [2.45, 2.75) is 18.9 Å².